The van der Waals surface area contributed by atoms with Crippen molar-refractivity contribution in [3.8, 4) is 17.2 Å². The molecule has 0 saturated heterocycles. The lowest BCUT2D eigenvalue weighted by Gasteiger charge is -2.09. The van der Waals surface area contributed by atoms with Crippen LogP contribution in [-0.2, 0) is 9.53 Å². The van der Waals surface area contributed by atoms with Crippen LogP contribution in [0.5, 0.6) is 17.2 Å². The summed E-state index contributed by atoms with van der Waals surface area (Å²) in [6.45, 7) is -0.488. The molecule has 17 heavy (non-hydrogen) atoms. The first-order valence-corrected chi connectivity index (χ1v) is 4.51. The molecule has 7 heteroatoms. The number of aromatic hydroxyl groups is 2. The first-order valence-electron chi connectivity index (χ1n) is 4.51. The summed E-state index contributed by atoms with van der Waals surface area (Å²) in [5.41, 5.74) is 4.83. The number of carbonyl (C=O) groups is 2. The van der Waals surface area contributed by atoms with E-state index < -0.39 is 30.0 Å². The van der Waals surface area contributed by atoms with Gasteiger partial charge in [0.1, 0.15) is 0 Å². The van der Waals surface area contributed by atoms with Gasteiger partial charge in [-0.25, -0.2) is 4.79 Å². The van der Waals surface area contributed by atoms with E-state index in [-0.39, 0.29) is 11.3 Å². The fourth-order valence-electron chi connectivity index (χ4n) is 1.09. The van der Waals surface area contributed by atoms with Crippen molar-refractivity contribution in [3.63, 3.8) is 0 Å². The summed E-state index contributed by atoms with van der Waals surface area (Å²) in [4.78, 5) is 21.7. The van der Waals surface area contributed by atoms with Crippen molar-refractivity contribution in [1.82, 2.24) is 0 Å². The second-order valence-electron chi connectivity index (χ2n) is 3.09. The van der Waals surface area contributed by atoms with Gasteiger partial charge in [-0.1, -0.05) is 0 Å². The lowest BCUT2D eigenvalue weighted by Crippen LogP contribution is -2.20. The van der Waals surface area contributed by atoms with Crippen LogP contribution in [-0.4, -0.2) is 35.8 Å². The van der Waals surface area contributed by atoms with E-state index in [1.165, 1.54) is 0 Å². The van der Waals surface area contributed by atoms with Gasteiger partial charge in [0.25, 0.3) is 5.91 Å². The van der Waals surface area contributed by atoms with Gasteiger partial charge in [0.05, 0.1) is 12.7 Å². The van der Waals surface area contributed by atoms with Gasteiger partial charge in [0, 0.05) is 0 Å². The monoisotopic (exact) mass is 241 g/mol. The van der Waals surface area contributed by atoms with Crippen molar-refractivity contribution >= 4 is 11.9 Å². The van der Waals surface area contributed by atoms with E-state index in [1.807, 2.05) is 0 Å². The van der Waals surface area contributed by atoms with E-state index in [2.05, 4.69) is 4.74 Å². The quantitative estimate of drug-likeness (QED) is 0.494. The molecule has 0 saturated carbocycles. The number of esters is 1. The number of ether oxygens (including phenoxy) is 2. The fourth-order valence-corrected chi connectivity index (χ4v) is 1.09. The number of methoxy groups -OCH3 is 1. The number of benzene rings is 1. The van der Waals surface area contributed by atoms with Gasteiger partial charge < -0.3 is 25.4 Å². The van der Waals surface area contributed by atoms with Crippen LogP contribution < -0.4 is 10.5 Å². The van der Waals surface area contributed by atoms with E-state index >= 15 is 0 Å². The molecule has 1 amide bonds. The number of phenols is 2. The summed E-state index contributed by atoms with van der Waals surface area (Å²) in [5.74, 6) is -2.85. The number of amides is 1. The van der Waals surface area contributed by atoms with Gasteiger partial charge in [-0.15, -0.1) is 0 Å². The molecule has 1 aromatic rings. The largest absolute Gasteiger partial charge is 0.504 e. The molecular weight excluding hydrogens is 230 g/mol. The van der Waals surface area contributed by atoms with Crippen LogP contribution in [0.3, 0.4) is 0 Å². The molecule has 0 bridgehead atoms. The Morgan fingerprint density at radius 2 is 2.00 bits per heavy atom. The normalized spacial score (nSPS) is 9.71. The maximum Gasteiger partial charge on any atom is 0.338 e. The summed E-state index contributed by atoms with van der Waals surface area (Å²) in [6.07, 6.45) is 0. The summed E-state index contributed by atoms with van der Waals surface area (Å²) in [7, 11) is 1.16. The van der Waals surface area contributed by atoms with Gasteiger partial charge >= 0.3 is 5.97 Å². The molecule has 0 aliphatic rings. The number of phenolic OH excluding ortho intramolecular Hbond substituents is 2. The first-order chi connectivity index (χ1) is 7.95. The second kappa shape index (κ2) is 5.06. The highest BCUT2D eigenvalue weighted by atomic mass is 16.5. The molecule has 7 nitrogen and oxygen atoms in total. The third kappa shape index (κ3) is 3.00. The van der Waals surface area contributed by atoms with Crippen molar-refractivity contribution in [1.29, 1.82) is 0 Å². The molecule has 0 heterocycles. The van der Waals surface area contributed by atoms with Crippen LogP contribution in [0.1, 0.15) is 10.4 Å². The van der Waals surface area contributed by atoms with Gasteiger partial charge in [-0.05, 0) is 12.1 Å². The van der Waals surface area contributed by atoms with E-state index in [0.29, 0.717) is 0 Å². The lowest BCUT2D eigenvalue weighted by atomic mass is 10.2. The number of nitrogens with two attached hydrogens (primary N) is 1. The van der Waals surface area contributed by atoms with E-state index in [9.17, 15) is 19.8 Å². The molecule has 1 aromatic carbocycles. The molecule has 0 spiro atoms. The predicted octanol–water partition coefficient (Wildman–Crippen LogP) is -0.252. The first kappa shape index (κ1) is 12.6. The Balaban J connectivity index is 3.06. The minimum Gasteiger partial charge on any atom is -0.504 e. The molecule has 0 radical (unpaired) electrons. The molecule has 0 atom stereocenters. The topological polar surface area (TPSA) is 119 Å². The van der Waals surface area contributed by atoms with Crippen molar-refractivity contribution in [2.75, 3.05) is 13.7 Å². The molecule has 0 unspecified atom stereocenters. The average molecular weight is 241 g/mol. The predicted molar refractivity (Wildman–Crippen MR) is 55.8 cm³/mol. The molecule has 0 aromatic heterocycles. The average Bonchev–Trinajstić information content (AvgIpc) is 2.29. The van der Waals surface area contributed by atoms with Crippen molar-refractivity contribution < 1.29 is 29.3 Å². The maximum absolute atomic E-state index is 11.2. The van der Waals surface area contributed by atoms with E-state index in [4.69, 9.17) is 10.5 Å². The van der Waals surface area contributed by atoms with Crippen molar-refractivity contribution in [2.24, 2.45) is 5.73 Å². The number of primary amides is 1. The zero-order valence-corrected chi connectivity index (χ0v) is 8.97. The van der Waals surface area contributed by atoms with Crippen LogP contribution in [0.15, 0.2) is 12.1 Å². The Morgan fingerprint density at radius 1 is 1.35 bits per heavy atom. The number of rotatable bonds is 4. The smallest absolute Gasteiger partial charge is 0.338 e. The highest BCUT2D eigenvalue weighted by Gasteiger charge is 2.15. The van der Waals surface area contributed by atoms with Gasteiger partial charge in [-0.2, -0.15) is 0 Å². The molecular formula is C10H11NO6. The highest BCUT2D eigenvalue weighted by Crippen LogP contribution is 2.36. The Hall–Kier alpha value is -2.44. The van der Waals surface area contributed by atoms with E-state index in [0.717, 1.165) is 19.2 Å². The highest BCUT2D eigenvalue weighted by molar-refractivity contribution is 5.91. The van der Waals surface area contributed by atoms with Crippen LogP contribution >= 0.6 is 0 Å². The van der Waals surface area contributed by atoms with Crippen LogP contribution in [0, 0.1) is 0 Å². The summed E-state index contributed by atoms with van der Waals surface area (Å²) in [6, 6.07) is 2.14. The summed E-state index contributed by atoms with van der Waals surface area (Å²) in [5, 5.41) is 18.7. The Bertz CT molecular complexity index is 456. The third-order valence-electron chi connectivity index (χ3n) is 1.85. The molecule has 0 aliphatic heterocycles. The lowest BCUT2D eigenvalue weighted by molar-refractivity contribution is -0.119. The molecule has 4 N–H and O–H groups in total. The minimum atomic E-state index is -0.757. The van der Waals surface area contributed by atoms with Gasteiger partial charge in [0.15, 0.2) is 18.1 Å². The van der Waals surface area contributed by atoms with Crippen LogP contribution in [0.4, 0.5) is 0 Å². The minimum absolute atomic E-state index is 0.0257. The molecule has 0 fully saturated rings. The Labute approximate surface area is 96.4 Å². The van der Waals surface area contributed by atoms with Crippen LogP contribution in [0.2, 0.25) is 0 Å². The van der Waals surface area contributed by atoms with Gasteiger partial charge in [0.2, 0.25) is 5.75 Å². The van der Waals surface area contributed by atoms with Crippen molar-refractivity contribution in [3.05, 3.63) is 17.7 Å². The summed E-state index contributed by atoms with van der Waals surface area (Å²) < 4.78 is 9.25. The zero-order valence-electron chi connectivity index (χ0n) is 8.97. The maximum atomic E-state index is 11.2. The van der Waals surface area contributed by atoms with Crippen molar-refractivity contribution in [2.45, 2.75) is 0 Å². The Morgan fingerprint density at radius 3 is 2.53 bits per heavy atom. The van der Waals surface area contributed by atoms with Gasteiger partial charge in [-0.3, -0.25) is 4.79 Å². The number of carbonyl (C=O) groups excluding carboxylic acids is 2. The fraction of sp³-hybridized carbons (Fsp3) is 0.200. The number of hydrogen-bond donors (Lipinski definition) is 3. The third-order valence-corrected chi connectivity index (χ3v) is 1.85. The van der Waals surface area contributed by atoms with E-state index in [1.54, 1.807) is 0 Å². The zero-order chi connectivity index (χ0) is 13.0. The molecule has 0 aliphatic carbocycles. The summed E-state index contributed by atoms with van der Waals surface area (Å²) >= 11 is 0. The molecule has 92 valence electrons. The Kier molecular flexibility index (Phi) is 3.76. The second-order valence-corrected chi connectivity index (χ2v) is 3.09. The molecule has 1 rings (SSSR count). The standard InChI is InChI=1S/C10H11NO6/c1-16-10(15)5-2-6(12)9(14)7(3-5)17-4-8(11)13/h2-3,12,14H,4H2,1H3,(H2,11,13). The number of hydrogen-bond acceptors (Lipinski definition) is 6. The SMILES string of the molecule is COC(=O)c1cc(O)c(O)c(OCC(N)=O)c1. The van der Waals surface area contributed by atoms with Crippen LogP contribution in [0.25, 0.3) is 0 Å².